The van der Waals surface area contributed by atoms with Gasteiger partial charge in [0.1, 0.15) is 11.5 Å². The second-order valence-corrected chi connectivity index (χ2v) is 17.8. The fourth-order valence-electron chi connectivity index (χ4n) is 12.0. The molecule has 7 nitrogen and oxygen atoms in total. The number of para-hydroxylation sites is 3. The average molecular weight is 855 g/mol. The number of hydrogen-bond donors (Lipinski definition) is 0. The number of hydrogen-bond acceptors (Lipinski definition) is 5. The van der Waals surface area contributed by atoms with E-state index in [1.54, 1.807) is 0 Å². The molecule has 1 atom stereocenters. The van der Waals surface area contributed by atoms with Crippen LogP contribution >= 0.6 is 0 Å². The summed E-state index contributed by atoms with van der Waals surface area (Å²) in [4.78, 5) is 14.7. The minimum Gasteiger partial charge on any atom is -0.457 e. The fourth-order valence-corrected chi connectivity index (χ4v) is 12.0. The largest absolute Gasteiger partial charge is 0.457 e. The molecule has 7 aromatic carbocycles. The van der Waals surface area contributed by atoms with Gasteiger partial charge in [0.25, 0.3) is 0 Å². The lowest BCUT2D eigenvalue weighted by atomic mass is 9.65. The molecule has 6 heterocycles. The van der Waals surface area contributed by atoms with Crippen molar-refractivity contribution in [3.8, 4) is 51.5 Å². The van der Waals surface area contributed by atoms with E-state index in [1.165, 1.54) is 21.7 Å². The van der Waals surface area contributed by atoms with Crippen LogP contribution < -0.4 is 4.74 Å². The number of nitrogens with zero attached hydrogens (tertiary/aromatic N) is 6. The Balaban J connectivity index is 0.973. The van der Waals surface area contributed by atoms with E-state index in [0.29, 0.717) is 5.56 Å². The molecule has 0 amide bonds. The van der Waals surface area contributed by atoms with Crippen molar-refractivity contribution >= 4 is 43.6 Å². The zero-order valence-electron chi connectivity index (χ0n) is 35.7. The van der Waals surface area contributed by atoms with Crippen LogP contribution in [0.1, 0.15) is 50.4 Å². The Morgan fingerprint density at radius 1 is 0.478 bits per heavy atom. The number of pyridine rings is 3. The molecule has 1 aliphatic heterocycles. The van der Waals surface area contributed by atoms with E-state index in [9.17, 15) is 5.26 Å². The summed E-state index contributed by atoms with van der Waals surface area (Å²) in [5.41, 5.74) is 18.0. The quantitative estimate of drug-likeness (QED) is 0.177. The molecule has 12 aromatic rings. The molecule has 1 unspecified atom stereocenters. The van der Waals surface area contributed by atoms with E-state index in [2.05, 4.69) is 178 Å². The summed E-state index contributed by atoms with van der Waals surface area (Å²) >= 11 is 0. The highest BCUT2D eigenvalue weighted by atomic mass is 16.5. The van der Waals surface area contributed by atoms with E-state index in [4.69, 9.17) is 14.7 Å². The third-order valence-corrected chi connectivity index (χ3v) is 14.7. The summed E-state index contributed by atoms with van der Waals surface area (Å²) in [6.45, 7) is 0. The molecule has 3 aliphatic rings. The molecule has 0 radical (unpaired) electrons. The Hall–Kier alpha value is -9.12. The van der Waals surface area contributed by atoms with Gasteiger partial charge in [0.05, 0.1) is 56.7 Å². The maximum atomic E-state index is 10.2. The summed E-state index contributed by atoms with van der Waals surface area (Å²) in [5.74, 6) is 1.46. The van der Waals surface area contributed by atoms with E-state index in [0.717, 1.165) is 106 Å². The maximum Gasteiger partial charge on any atom is 0.132 e. The Bertz CT molecular complexity index is 4040. The fraction of sp³-hybridized carbons (Fsp3) is 0.0333. The van der Waals surface area contributed by atoms with Crippen molar-refractivity contribution in [2.24, 2.45) is 0 Å². The van der Waals surface area contributed by atoms with Gasteiger partial charge in [-0.3, -0.25) is 15.0 Å². The van der Waals surface area contributed by atoms with Gasteiger partial charge >= 0.3 is 0 Å². The van der Waals surface area contributed by atoms with Crippen molar-refractivity contribution in [1.29, 1.82) is 5.26 Å². The molecule has 310 valence electrons. The monoisotopic (exact) mass is 854 g/mol. The number of aromatic nitrogens is 5. The van der Waals surface area contributed by atoms with Gasteiger partial charge in [-0.05, 0) is 130 Å². The van der Waals surface area contributed by atoms with Gasteiger partial charge in [-0.2, -0.15) is 5.26 Å². The van der Waals surface area contributed by atoms with Gasteiger partial charge in [0.15, 0.2) is 0 Å². The van der Waals surface area contributed by atoms with Gasteiger partial charge in [-0.1, -0.05) is 84.9 Å². The molecule has 0 saturated heterocycles. The molecule has 15 rings (SSSR count). The van der Waals surface area contributed by atoms with Crippen molar-refractivity contribution in [2.45, 2.75) is 11.3 Å². The molecule has 0 fully saturated rings. The van der Waals surface area contributed by atoms with Gasteiger partial charge in [0.2, 0.25) is 0 Å². The van der Waals surface area contributed by atoms with Gasteiger partial charge < -0.3 is 13.9 Å². The van der Waals surface area contributed by atoms with Crippen molar-refractivity contribution in [1.82, 2.24) is 24.1 Å². The second kappa shape index (κ2) is 13.2. The van der Waals surface area contributed by atoms with Gasteiger partial charge in [0, 0.05) is 68.6 Å². The summed E-state index contributed by atoms with van der Waals surface area (Å²) < 4.78 is 11.7. The highest BCUT2D eigenvalue weighted by Crippen LogP contribution is 2.62. The van der Waals surface area contributed by atoms with Gasteiger partial charge in [-0.15, -0.1) is 0 Å². The van der Waals surface area contributed by atoms with Crippen LogP contribution in [0, 0.1) is 11.3 Å². The van der Waals surface area contributed by atoms with E-state index < -0.39 is 5.41 Å². The maximum absolute atomic E-state index is 10.2. The van der Waals surface area contributed by atoms with Crippen LogP contribution in [0.15, 0.2) is 201 Å². The summed E-state index contributed by atoms with van der Waals surface area (Å²) in [6, 6.07) is 65.2. The molecule has 2 aliphatic carbocycles. The smallest absolute Gasteiger partial charge is 0.132 e. The predicted molar refractivity (Wildman–Crippen MR) is 263 cm³/mol. The molecule has 67 heavy (non-hydrogen) atoms. The van der Waals surface area contributed by atoms with Crippen LogP contribution in [0.3, 0.4) is 0 Å². The van der Waals surface area contributed by atoms with E-state index in [-0.39, 0.29) is 5.92 Å². The van der Waals surface area contributed by atoms with E-state index >= 15 is 0 Å². The number of benzene rings is 7. The van der Waals surface area contributed by atoms with Crippen molar-refractivity contribution in [3.63, 3.8) is 0 Å². The summed E-state index contributed by atoms with van der Waals surface area (Å²) in [5, 5.41) is 15.0. The third-order valence-electron chi connectivity index (χ3n) is 14.7. The lowest BCUT2D eigenvalue weighted by Crippen LogP contribution is -2.32. The Morgan fingerprint density at radius 3 is 1.70 bits per heavy atom. The van der Waals surface area contributed by atoms with Crippen molar-refractivity contribution in [2.75, 3.05) is 0 Å². The number of fused-ring (bicyclic) bond motifs is 18. The Kier molecular flexibility index (Phi) is 7.16. The molecule has 1 spiro atoms. The number of rotatable bonds is 3. The van der Waals surface area contributed by atoms with Crippen LogP contribution in [-0.2, 0) is 5.41 Å². The molecule has 0 bridgehead atoms. The SMILES string of the molecule is N#Cc1ccc2c(c1)-c1cc(-n3c4ccccc4c4ccccc43)ccc1C2c1ccc2c(c1)C1(c3cc(-n4c5ccccc5c5ccncc54)ccc3O2)c2cccnc2-c2ncccc21. The highest BCUT2D eigenvalue weighted by Gasteiger charge is 2.53. The lowest BCUT2D eigenvalue weighted by molar-refractivity contribution is 0.435. The first-order valence-electron chi connectivity index (χ1n) is 22.6. The first-order chi connectivity index (χ1) is 33.2. The zero-order valence-corrected chi connectivity index (χ0v) is 35.7. The Labute approximate surface area is 384 Å². The van der Waals surface area contributed by atoms with Crippen molar-refractivity contribution in [3.05, 3.63) is 245 Å². The topological polar surface area (TPSA) is 81.5 Å². The lowest BCUT2D eigenvalue weighted by Gasteiger charge is -2.39. The molecular weight excluding hydrogens is 821 g/mol. The predicted octanol–water partition coefficient (Wildman–Crippen LogP) is 13.6. The van der Waals surface area contributed by atoms with Gasteiger partial charge in [-0.25, -0.2) is 0 Å². The first-order valence-corrected chi connectivity index (χ1v) is 22.6. The third kappa shape index (κ3) is 4.70. The normalized spacial score (nSPS) is 14.6. The van der Waals surface area contributed by atoms with Crippen LogP contribution in [0.25, 0.3) is 77.5 Å². The number of ether oxygens (including phenoxy) is 1. The minimum absolute atomic E-state index is 0.117. The summed E-state index contributed by atoms with van der Waals surface area (Å²) in [7, 11) is 0. The van der Waals surface area contributed by atoms with E-state index in [1.807, 2.05) is 43.0 Å². The average Bonchev–Trinajstić information content (AvgIpc) is 4.10. The molecule has 0 saturated carbocycles. The highest BCUT2D eigenvalue weighted by molar-refractivity contribution is 6.10. The van der Waals surface area contributed by atoms with Crippen LogP contribution in [0.4, 0.5) is 0 Å². The standard InChI is InChI=1S/C60H34N6O/c61-33-35-17-21-43-45(29-35)46-31-37(65-51-14-4-1-9-39(51)40-10-2-5-15-52(40)65)19-22-44(46)57(43)36-18-23-55-49(30-36)60(47-12-7-26-63-58(47)59-48(60)13-8-27-64-59)50-32-38(20-24-56(50)67-55)66-53-16-6-3-11-41(53)42-25-28-62-34-54(42)66/h1-32,34,57H. The van der Waals surface area contributed by atoms with Crippen LogP contribution in [-0.4, -0.2) is 24.1 Å². The zero-order chi connectivity index (χ0) is 44.0. The Morgan fingerprint density at radius 2 is 1.03 bits per heavy atom. The first kappa shape index (κ1) is 36.2. The molecule has 0 N–H and O–H groups in total. The summed E-state index contributed by atoms with van der Waals surface area (Å²) in [6.07, 6.45) is 7.55. The minimum atomic E-state index is -0.825. The second-order valence-electron chi connectivity index (χ2n) is 17.8. The van der Waals surface area contributed by atoms with Crippen LogP contribution in [0.5, 0.6) is 11.5 Å². The molecular formula is C60H34N6O. The molecule has 7 heteroatoms. The number of nitriles is 1. The molecule has 5 aromatic heterocycles. The van der Waals surface area contributed by atoms with Crippen LogP contribution in [0.2, 0.25) is 0 Å². The van der Waals surface area contributed by atoms with Crippen molar-refractivity contribution < 1.29 is 4.74 Å².